The zero-order valence-corrected chi connectivity index (χ0v) is 11.9. The first-order chi connectivity index (χ1) is 6.15. The first-order valence-electron chi connectivity index (χ1n) is 5.36. The Morgan fingerprint density at radius 2 is 1.36 bits per heavy atom. The molecule has 0 aliphatic carbocycles. The molecule has 2 nitrogen and oxygen atoms in total. The molecule has 0 saturated carbocycles. The summed E-state index contributed by atoms with van der Waals surface area (Å²) in [4.78, 5) is 0. The molecule has 0 aromatic carbocycles. The van der Waals surface area contributed by atoms with Gasteiger partial charge < -0.3 is 4.52 Å². The van der Waals surface area contributed by atoms with Crippen molar-refractivity contribution in [3.05, 3.63) is 0 Å². The van der Waals surface area contributed by atoms with Gasteiger partial charge in [0, 0.05) is 12.1 Å². The van der Waals surface area contributed by atoms with Gasteiger partial charge in [-0.15, -0.1) is 0 Å². The van der Waals surface area contributed by atoms with Gasteiger partial charge in [-0.2, -0.15) is 0 Å². The van der Waals surface area contributed by atoms with E-state index in [-0.39, 0.29) is 5.60 Å². The minimum atomic E-state index is -0.478. The minimum Gasteiger partial charge on any atom is -0.338 e. The maximum absolute atomic E-state index is 6.01. The van der Waals surface area contributed by atoms with Crippen molar-refractivity contribution in [2.75, 3.05) is 6.66 Å². The Labute approximate surface area is 90.9 Å². The molecule has 0 radical (unpaired) electrons. The van der Waals surface area contributed by atoms with E-state index in [0.717, 1.165) is 0 Å². The van der Waals surface area contributed by atoms with Crippen LogP contribution in [0.2, 0.25) is 0 Å². The van der Waals surface area contributed by atoms with Crippen LogP contribution in [0.25, 0.3) is 0 Å². The molecule has 14 heavy (non-hydrogen) atoms. The quantitative estimate of drug-likeness (QED) is 0.666. The predicted octanol–water partition coefficient (Wildman–Crippen LogP) is 3.86. The van der Waals surface area contributed by atoms with Crippen molar-refractivity contribution in [3.8, 4) is 0 Å². The van der Waals surface area contributed by atoms with Crippen molar-refractivity contribution in [2.24, 2.45) is 0 Å². The molecular formula is C11H26NOP. The van der Waals surface area contributed by atoms with Gasteiger partial charge in [0.25, 0.3) is 0 Å². The molecule has 0 amide bonds. The first kappa shape index (κ1) is 14.3. The molecule has 1 atom stereocenters. The van der Waals surface area contributed by atoms with Crippen LogP contribution in [0.3, 0.4) is 0 Å². The number of hydrogen-bond donors (Lipinski definition) is 0. The Morgan fingerprint density at radius 3 is 1.57 bits per heavy atom. The Hall–Kier alpha value is 0.350. The van der Waals surface area contributed by atoms with E-state index in [9.17, 15) is 0 Å². The fraction of sp³-hybridized carbons (Fsp3) is 1.00. The molecule has 1 unspecified atom stereocenters. The molecule has 0 heterocycles. The molecule has 0 bridgehead atoms. The maximum Gasteiger partial charge on any atom is 0.102 e. The van der Waals surface area contributed by atoms with Crippen LogP contribution in [-0.4, -0.2) is 29.0 Å². The van der Waals surface area contributed by atoms with Crippen molar-refractivity contribution >= 4 is 8.30 Å². The Balaban J connectivity index is 4.38. The monoisotopic (exact) mass is 219 g/mol. The first-order valence-corrected chi connectivity index (χ1v) is 7.02. The van der Waals surface area contributed by atoms with Gasteiger partial charge in [0.15, 0.2) is 0 Å². The minimum absolute atomic E-state index is 0.0392. The highest BCUT2D eigenvalue weighted by Crippen LogP contribution is 2.44. The average molecular weight is 219 g/mol. The fourth-order valence-electron chi connectivity index (χ4n) is 1.69. The molecule has 0 rings (SSSR count). The zero-order valence-electron chi connectivity index (χ0n) is 11.0. The van der Waals surface area contributed by atoms with Gasteiger partial charge in [-0.1, -0.05) is 0 Å². The van der Waals surface area contributed by atoms with Gasteiger partial charge in [-0.3, -0.25) is 4.67 Å². The van der Waals surface area contributed by atoms with Crippen LogP contribution in [0, 0.1) is 0 Å². The average Bonchev–Trinajstić information content (AvgIpc) is 1.78. The molecule has 86 valence electrons. The maximum atomic E-state index is 6.01. The molecule has 0 aliphatic rings. The van der Waals surface area contributed by atoms with E-state index in [2.05, 4.69) is 59.8 Å². The smallest absolute Gasteiger partial charge is 0.102 e. The van der Waals surface area contributed by atoms with Gasteiger partial charge in [-0.25, -0.2) is 0 Å². The van der Waals surface area contributed by atoms with Crippen LogP contribution in [0.1, 0.15) is 48.5 Å². The van der Waals surface area contributed by atoms with Crippen molar-refractivity contribution in [3.63, 3.8) is 0 Å². The lowest BCUT2D eigenvalue weighted by atomic mass is 10.2. The lowest BCUT2D eigenvalue weighted by Gasteiger charge is -2.38. The fourth-order valence-corrected chi connectivity index (χ4v) is 3.88. The van der Waals surface area contributed by atoms with E-state index >= 15 is 0 Å². The Kier molecular flexibility index (Phi) is 5.57. The lowest BCUT2D eigenvalue weighted by molar-refractivity contribution is 0.128. The van der Waals surface area contributed by atoms with Gasteiger partial charge in [0.2, 0.25) is 0 Å². The molecule has 0 aliphatic heterocycles. The summed E-state index contributed by atoms with van der Waals surface area (Å²) in [5.74, 6) is 0. The normalized spacial score (nSPS) is 15.6. The van der Waals surface area contributed by atoms with Gasteiger partial charge in [0.1, 0.15) is 8.30 Å². The highest BCUT2D eigenvalue weighted by molar-refractivity contribution is 7.49. The summed E-state index contributed by atoms with van der Waals surface area (Å²) >= 11 is 0. The third-order valence-corrected chi connectivity index (χ3v) is 4.18. The molecule has 0 aromatic rings. The predicted molar refractivity (Wildman–Crippen MR) is 65.8 cm³/mol. The van der Waals surface area contributed by atoms with E-state index in [1.165, 1.54) is 0 Å². The summed E-state index contributed by atoms with van der Waals surface area (Å²) in [5.41, 5.74) is -0.0392. The van der Waals surface area contributed by atoms with E-state index in [0.29, 0.717) is 12.1 Å². The highest BCUT2D eigenvalue weighted by atomic mass is 31.2. The second-order valence-electron chi connectivity index (χ2n) is 5.24. The van der Waals surface area contributed by atoms with Crippen LogP contribution in [0.5, 0.6) is 0 Å². The standard InChI is InChI=1S/C11H26NOP/c1-9(2)12(10(3)4)14(8)13-11(5,6)7/h9-10H,1-8H3. The van der Waals surface area contributed by atoms with Crippen LogP contribution in [0.4, 0.5) is 0 Å². The second kappa shape index (κ2) is 5.44. The summed E-state index contributed by atoms with van der Waals surface area (Å²) in [5, 5.41) is 0. The molecule has 0 aromatic heterocycles. The number of rotatable bonds is 4. The van der Waals surface area contributed by atoms with Crippen LogP contribution < -0.4 is 0 Å². The molecule has 0 spiro atoms. The van der Waals surface area contributed by atoms with Crippen LogP contribution in [-0.2, 0) is 4.52 Å². The summed E-state index contributed by atoms with van der Waals surface area (Å²) in [6.45, 7) is 17.5. The third-order valence-electron chi connectivity index (χ3n) is 1.79. The highest BCUT2D eigenvalue weighted by Gasteiger charge is 2.25. The van der Waals surface area contributed by atoms with E-state index < -0.39 is 8.30 Å². The molecule has 0 saturated heterocycles. The molecule has 0 fully saturated rings. The van der Waals surface area contributed by atoms with Crippen LogP contribution >= 0.6 is 8.30 Å². The molecule has 0 N–H and O–H groups in total. The van der Waals surface area contributed by atoms with Gasteiger partial charge in [0.05, 0.1) is 5.60 Å². The SMILES string of the molecule is CC(C)N(C(C)C)P(C)OC(C)(C)C. The summed E-state index contributed by atoms with van der Waals surface area (Å²) < 4.78 is 8.46. The number of nitrogens with zero attached hydrogens (tertiary/aromatic N) is 1. The van der Waals surface area contributed by atoms with E-state index in [4.69, 9.17) is 4.52 Å². The summed E-state index contributed by atoms with van der Waals surface area (Å²) in [7, 11) is -0.478. The van der Waals surface area contributed by atoms with E-state index in [1.807, 2.05) is 0 Å². The van der Waals surface area contributed by atoms with Gasteiger partial charge in [-0.05, 0) is 55.1 Å². The zero-order chi connectivity index (χ0) is 11.5. The van der Waals surface area contributed by atoms with Crippen molar-refractivity contribution < 1.29 is 4.52 Å². The Morgan fingerprint density at radius 1 is 1.00 bits per heavy atom. The third kappa shape index (κ3) is 5.29. The van der Waals surface area contributed by atoms with Crippen molar-refractivity contribution in [2.45, 2.75) is 66.2 Å². The molecule has 3 heteroatoms. The second-order valence-corrected chi connectivity index (χ2v) is 6.81. The number of hydrogen-bond acceptors (Lipinski definition) is 2. The van der Waals surface area contributed by atoms with Gasteiger partial charge >= 0.3 is 0 Å². The van der Waals surface area contributed by atoms with Crippen molar-refractivity contribution in [1.82, 2.24) is 4.67 Å². The topological polar surface area (TPSA) is 12.5 Å². The summed E-state index contributed by atoms with van der Waals surface area (Å²) in [6, 6.07) is 1.10. The largest absolute Gasteiger partial charge is 0.338 e. The van der Waals surface area contributed by atoms with Crippen molar-refractivity contribution in [1.29, 1.82) is 0 Å². The summed E-state index contributed by atoms with van der Waals surface area (Å²) in [6.07, 6.45) is 0. The Bertz CT molecular complexity index is 155. The lowest BCUT2D eigenvalue weighted by Crippen LogP contribution is -2.34. The molecular weight excluding hydrogens is 193 g/mol. The van der Waals surface area contributed by atoms with E-state index in [1.54, 1.807) is 0 Å². The van der Waals surface area contributed by atoms with Crippen LogP contribution in [0.15, 0.2) is 0 Å².